The second-order valence-electron chi connectivity index (χ2n) is 6.89. The van der Waals surface area contributed by atoms with Crippen molar-refractivity contribution < 1.29 is 4.79 Å². The minimum atomic E-state index is -0.330. The van der Waals surface area contributed by atoms with Gasteiger partial charge in [-0.05, 0) is 42.9 Å². The van der Waals surface area contributed by atoms with Crippen molar-refractivity contribution in [3.8, 4) is 6.07 Å². The van der Waals surface area contributed by atoms with Crippen molar-refractivity contribution in [1.82, 2.24) is 9.55 Å². The average Bonchev–Trinajstić information content (AvgIpc) is 2.99. The van der Waals surface area contributed by atoms with E-state index in [1.165, 1.54) is 27.0 Å². The van der Waals surface area contributed by atoms with Crippen molar-refractivity contribution in [3.63, 3.8) is 0 Å². The number of nitriles is 1. The number of rotatable bonds is 3. The van der Waals surface area contributed by atoms with E-state index >= 15 is 0 Å². The van der Waals surface area contributed by atoms with Crippen molar-refractivity contribution in [2.75, 3.05) is 5.32 Å². The standard InChI is InChI=1S/C20H18N4O2S/c1-12-6-7-13-14(9-21)20(27-17(13)8-12)23-18(25)11-24-16-5-3-2-4-15(16)22-10-19(24)26/h2-5,10,12H,6-8,11H2,1H3,(H,23,25)/t12-/m0/s1. The Bertz CT molecular complexity index is 1140. The van der Waals surface area contributed by atoms with Crippen LogP contribution in [0, 0.1) is 17.2 Å². The van der Waals surface area contributed by atoms with E-state index in [0.717, 1.165) is 24.8 Å². The number of benzene rings is 1. The number of para-hydroxylation sites is 2. The second-order valence-corrected chi connectivity index (χ2v) is 7.99. The highest BCUT2D eigenvalue weighted by Gasteiger charge is 2.24. The summed E-state index contributed by atoms with van der Waals surface area (Å²) in [5.74, 6) is 0.268. The summed E-state index contributed by atoms with van der Waals surface area (Å²) in [5, 5.41) is 13.0. The summed E-state index contributed by atoms with van der Waals surface area (Å²) >= 11 is 1.48. The number of nitrogens with zero attached hydrogens (tertiary/aromatic N) is 3. The number of hydrogen-bond donors (Lipinski definition) is 1. The van der Waals surface area contributed by atoms with Crippen molar-refractivity contribution in [2.45, 2.75) is 32.7 Å². The van der Waals surface area contributed by atoms with Gasteiger partial charge in [0.05, 0.1) is 22.8 Å². The quantitative estimate of drug-likeness (QED) is 0.759. The van der Waals surface area contributed by atoms with Crippen LogP contribution in [0.15, 0.2) is 35.3 Å². The molecule has 0 fully saturated rings. The highest BCUT2D eigenvalue weighted by atomic mass is 32.1. The van der Waals surface area contributed by atoms with E-state index < -0.39 is 0 Å². The number of aromatic nitrogens is 2. The van der Waals surface area contributed by atoms with Crippen LogP contribution in [0.4, 0.5) is 5.00 Å². The van der Waals surface area contributed by atoms with Gasteiger partial charge in [0.2, 0.25) is 5.91 Å². The topological polar surface area (TPSA) is 87.8 Å². The van der Waals surface area contributed by atoms with E-state index in [0.29, 0.717) is 27.5 Å². The highest BCUT2D eigenvalue weighted by molar-refractivity contribution is 7.16. The molecule has 0 spiro atoms. The Hall–Kier alpha value is -2.98. The molecule has 4 rings (SSSR count). The first kappa shape index (κ1) is 17.4. The second kappa shape index (κ2) is 6.97. The fourth-order valence-corrected chi connectivity index (χ4v) is 4.92. The molecular weight excluding hydrogens is 360 g/mol. The molecule has 2 heterocycles. The molecular formula is C20H18N4O2S. The molecule has 6 nitrogen and oxygen atoms in total. The fourth-order valence-electron chi connectivity index (χ4n) is 3.54. The third-order valence-electron chi connectivity index (χ3n) is 4.93. The maximum absolute atomic E-state index is 12.6. The molecule has 0 radical (unpaired) electrons. The molecule has 1 aliphatic carbocycles. The van der Waals surface area contributed by atoms with Crippen LogP contribution >= 0.6 is 11.3 Å². The summed E-state index contributed by atoms with van der Waals surface area (Å²) in [5.41, 5.74) is 2.58. The number of thiophene rings is 1. The van der Waals surface area contributed by atoms with Gasteiger partial charge in [-0.2, -0.15) is 5.26 Å². The zero-order valence-corrected chi connectivity index (χ0v) is 15.7. The first-order valence-corrected chi connectivity index (χ1v) is 9.67. The van der Waals surface area contributed by atoms with Crippen LogP contribution < -0.4 is 10.9 Å². The Morgan fingerprint density at radius 1 is 1.44 bits per heavy atom. The molecule has 1 aromatic carbocycles. The normalized spacial score (nSPS) is 15.9. The van der Waals surface area contributed by atoms with Gasteiger partial charge in [-0.15, -0.1) is 11.3 Å². The predicted molar refractivity (Wildman–Crippen MR) is 105 cm³/mol. The summed E-state index contributed by atoms with van der Waals surface area (Å²) in [6.07, 6.45) is 4.10. The highest BCUT2D eigenvalue weighted by Crippen LogP contribution is 2.39. The molecule has 0 saturated carbocycles. The Kier molecular flexibility index (Phi) is 4.50. The maximum Gasteiger partial charge on any atom is 0.269 e. The molecule has 7 heteroatoms. The fraction of sp³-hybridized carbons (Fsp3) is 0.300. The van der Waals surface area contributed by atoms with Gasteiger partial charge < -0.3 is 5.32 Å². The van der Waals surface area contributed by atoms with Crippen LogP contribution in [0.2, 0.25) is 0 Å². The van der Waals surface area contributed by atoms with Gasteiger partial charge >= 0.3 is 0 Å². The largest absolute Gasteiger partial charge is 0.315 e. The molecule has 0 unspecified atom stereocenters. The van der Waals surface area contributed by atoms with Crippen LogP contribution in [-0.4, -0.2) is 15.5 Å². The van der Waals surface area contributed by atoms with E-state index in [1.54, 1.807) is 18.2 Å². The summed E-state index contributed by atoms with van der Waals surface area (Å²) in [7, 11) is 0. The van der Waals surface area contributed by atoms with Crippen LogP contribution in [0.3, 0.4) is 0 Å². The molecule has 2 aromatic heterocycles. The van der Waals surface area contributed by atoms with Gasteiger partial charge in [0, 0.05) is 4.88 Å². The maximum atomic E-state index is 12.6. The molecule has 1 N–H and O–H groups in total. The summed E-state index contributed by atoms with van der Waals surface area (Å²) in [4.78, 5) is 30.1. The Morgan fingerprint density at radius 2 is 2.26 bits per heavy atom. The number of amides is 1. The lowest BCUT2D eigenvalue weighted by atomic mass is 9.89. The van der Waals surface area contributed by atoms with Gasteiger partial charge in [0.1, 0.15) is 17.6 Å². The molecule has 3 aromatic rings. The summed E-state index contributed by atoms with van der Waals surface area (Å²) < 4.78 is 1.40. The van der Waals surface area contributed by atoms with Gasteiger partial charge in [-0.25, -0.2) is 4.98 Å². The van der Waals surface area contributed by atoms with Crippen LogP contribution in [0.25, 0.3) is 11.0 Å². The summed E-state index contributed by atoms with van der Waals surface area (Å²) in [6, 6.07) is 9.45. The molecule has 1 amide bonds. The Balaban J connectivity index is 1.62. The Morgan fingerprint density at radius 3 is 3.07 bits per heavy atom. The molecule has 136 valence electrons. The van der Waals surface area contributed by atoms with Gasteiger partial charge in [-0.3, -0.25) is 14.2 Å². The number of fused-ring (bicyclic) bond motifs is 2. The van der Waals surface area contributed by atoms with Crippen LogP contribution in [0.1, 0.15) is 29.3 Å². The Labute approximate surface area is 160 Å². The van der Waals surface area contributed by atoms with Crippen molar-refractivity contribution in [2.24, 2.45) is 5.92 Å². The van der Waals surface area contributed by atoms with E-state index in [-0.39, 0.29) is 18.0 Å². The summed E-state index contributed by atoms with van der Waals surface area (Å²) in [6.45, 7) is 2.08. The van der Waals surface area contributed by atoms with E-state index in [9.17, 15) is 14.9 Å². The number of anilines is 1. The third kappa shape index (κ3) is 3.24. The van der Waals surface area contributed by atoms with Crippen LogP contribution in [0.5, 0.6) is 0 Å². The molecule has 1 atom stereocenters. The lowest BCUT2D eigenvalue weighted by Crippen LogP contribution is -2.27. The lowest BCUT2D eigenvalue weighted by molar-refractivity contribution is -0.116. The van der Waals surface area contributed by atoms with E-state index in [2.05, 4.69) is 23.3 Å². The van der Waals surface area contributed by atoms with E-state index in [1.807, 2.05) is 6.07 Å². The van der Waals surface area contributed by atoms with Gasteiger partial charge in [0.25, 0.3) is 5.56 Å². The molecule has 27 heavy (non-hydrogen) atoms. The molecule has 0 saturated heterocycles. The minimum absolute atomic E-state index is 0.119. The van der Waals surface area contributed by atoms with Gasteiger partial charge in [0.15, 0.2) is 0 Å². The first-order valence-electron chi connectivity index (χ1n) is 8.86. The number of carbonyl (C=O) groups excluding carboxylic acids is 1. The zero-order chi connectivity index (χ0) is 19.0. The third-order valence-corrected chi connectivity index (χ3v) is 6.10. The van der Waals surface area contributed by atoms with Crippen LogP contribution in [-0.2, 0) is 24.2 Å². The van der Waals surface area contributed by atoms with E-state index in [4.69, 9.17) is 0 Å². The van der Waals surface area contributed by atoms with Crippen molar-refractivity contribution >= 4 is 33.3 Å². The smallest absolute Gasteiger partial charge is 0.269 e. The van der Waals surface area contributed by atoms with Crippen molar-refractivity contribution in [1.29, 1.82) is 5.26 Å². The number of hydrogen-bond acceptors (Lipinski definition) is 5. The molecule has 1 aliphatic rings. The lowest BCUT2D eigenvalue weighted by Gasteiger charge is -2.17. The first-order chi connectivity index (χ1) is 13.1. The van der Waals surface area contributed by atoms with Gasteiger partial charge in [-0.1, -0.05) is 19.1 Å². The number of nitrogens with one attached hydrogen (secondary N) is 1. The van der Waals surface area contributed by atoms with Crippen molar-refractivity contribution in [3.05, 3.63) is 56.8 Å². The molecule has 0 bridgehead atoms. The monoisotopic (exact) mass is 378 g/mol. The minimum Gasteiger partial charge on any atom is -0.315 e. The zero-order valence-electron chi connectivity index (χ0n) is 14.9. The average molecular weight is 378 g/mol. The number of carbonyl (C=O) groups is 1. The molecule has 0 aliphatic heterocycles. The SMILES string of the molecule is C[C@H]1CCc2c(sc(NC(=O)Cn3c(=O)cnc4ccccc43)c2C#N)C1. The predicted octanol–water partition coefficient (Wildman–Crippen LogP) is 3.09.